The Morgan fingerprint density at radius 2 is 1.48 bits per heavy atom. The van der Waals surface area contributed by atoms with Crippen molar-refractivity contribution in [1.29, 1.82) is 0 Å². The van der Waals surface area contributed by atoms with E-state index in [4.69, 9.17) is 9.47 Å². The van der Waals surface area contributed by atoms with E-state index in [1.165, 1.54) is 0 Å². The number of hydrogen-bond donors (Lipinski definition) is 2. The van der Waals surface area contributed by atoms with Crippen LogP contribution in [-0.4, -0.2) is 20.3 Å². The number of methoxy groups -OCH3 is 2. The van der Waals surface area contributed by atoms with Crippen LogP contribution in [0.4, 0.5) is 10.5 Å². The highest BCUT2D eigenvalue weighted by Crippen LogP contribution is 2.22. The third-order valence-corrected chi connectivity index (χ3v) is 3.34. The number of hydrogen-bond acceptors (Lipinski definition) is 3. The lowest BCUT2D eigenvalue weighted by molar-refractivity contribution is 0.251. The van der Waals surface area contributed by atoms with Crippen LogP contribution in [0.25, 0.3) is 0 Å². The Balaban J connectivity index is 1.98. The van der Waals surface area contributed by atoms with Crippen molar-refractivity contribution in [2.24, 2.45) is 0 Å². The molecule has 0 atom stereocenters. The zero-order valence-corrected chi connectivity index (χ0v) is 13.9. The Hall–Kier alpha value is -2.69. The Kier molecular flexibility index (Phi) is 5.46. The molecule has 5 nitrogen and oxygen atoms in total. The van der Waals surface area contributed by atoms with Gasteiger partial charge in [-0.2, -0.15) is 0 Å². The van der Waals surface area contributed by atoms with Gasteiger partial charge >= 0.3 is 6.03 Å². The van der Waals surface area contributed by atoms with Crippen LogP contribution < -0.4 is 20.1 Å². The zero-order valence-electron chi connectivity index (χ0n) is 13.9. The van der Waals surface area contributed by atoms with Gasteiger partial charge in [0.15, 0.2) is 0 Å². The number of carbonyl (C=O) groups is 1. The van der Waals surface area contributed by atoms with Crippen molar-refractivity contribution in [3.63, 3.8) is 0 Å². The van der Waals surface area contributed by atoms with E-state index in [1.807, 2.05) is 38.1 Å². The summed E-state index contributed by atoms with van der Waals surface area (Å²) in [6.07, 6.45) is 0. The van der Waals surface area contributed by atoms with Gasteiger partial charge < -0.3 is 20.1 Å². The second-order valence-corrected chi connectivity index (χ2v) is 5.40. The predicted octanol–water partition coefficient (Wildman–Crippen LogP) is 3.64. The first kappa shape index (κ1) is 16.7. The first-order valence-corrected chi connectivity index (χ1v) is 7.35. The van der Waals surface area contributed by atoms with Crippen LogP contribution in [-0.2, 0) is 6.54 Å². The van der Waals surface area contributed by atoms with Crippen molar-refractivity contribution >= 4 is 11.7 Å². The third-order valence-electron chi connectivity index (χ3n) is 3.34. The summed E-state index contributed by atoms with van der Waals surface area (Å²) in [6.45, 7) is 4.38. The van der Waals surface area contributed by atoms with Gasteiger partial charge in [-0.25, -0.2) is 4.79 Å². The van der Waals surface area contributed by atoms with Crippen LogP contribution in [0, 0.1) is 13.8 Å². The molecule has 0 saturated carbocycles. The molecule has 0 aliphatic heterocycles. The van der Waals surface area contributed by atoms with Crippen molar-refractivity contribution in [2.45, 2.75) is 20.4 Å². The zero-order chi connectivity index (χ0) is 16.8. The molecule has 0 aliphatic carbocycles. The van der Waals surface area contributed by atoms with Gasteiger partial charge in [0.2, 0.25) is 0 Å². The number of ether oxygens (including phenoxy) is 2. The summed E-state index contributed by atoms with van der Waals surface area (Å²) in [5, 5.41) is 5.67. The summed E-state index contributed by atoms with van der Waals surface area (Å²) in [7, 11) is 3.19. The number of amides is 2. The van der Waals surface area contributed by atoms with E-state index in [-0.39, 0.29) is 6.03 Å². The molecule has 0 bridgehead atoms. The SMILES string of the molecule is COc1cc(CNC(=O)Nc2cc(C)cc(C)c2)cc(OC)c1. The lowest BCUT2D eigenvalue weighted by Gasteiger charge is -2.11. The van der Waals surface area contributed by atoms with E-state index < -0.39 is 0 Å². The molecule has 2 aromatic carbocycles. The lowest BCUT2D eigenvalue weighted by Crippen LogP contribution is -2.28. The van der Waals surface area contributed by atoms with Crippen LogP contribution in [0.15, 0.2) is 36.4 Å². The predicted molar refractivity (Wildman–Crippen MR) is 91.3 cm³/mol. The van der Waals surface area contributed by atoms with Crippen LogP contribution in [0.5, 0.6) is 11.5 Å². The summed E-state index contributed by atoms with van der Waals surface area (Å²) in [6, 6.07) is 11.2. The molecule has 5 heteroatoms. The highest BCUT2D eigenvalue weighted by atomic mass is 16.5. The van der Waals surface area contributed by atoms with E-state index >= 15 is 0 Å². The number of rotatable bonds is 5. The minimum atomic E-state index is -0.253. The molecular weight excluding hydrogens is 292 g/mol. The minimum absolute atomic E-state index is 0.253. The average molecular weight is 314 g/mol. The lowest BCUT2D eigenvalue weighted by atomic mass is 10.1. The van der Waals surface area contributed by atoms with Gasteiger partial charge in [-0.1, -0.05) is 6.07 Å². The molecule has 0 aliphatic rings. The van der Waals surface area contributed by atoms with Crippen molar-refractivity contribution < 1.29 is 14.3 Å². The van der Waals surface area contributed by atoms with E-state index in [2.05, 4.69) is 16.7 Å². The smallest absolute Gasteiger partial charge is 0.319 e. The average Bonchev–Trinajstić information content (AvgIpc) is 2.51. The summed E-state index contributed by atoms with van der Waals surface area (Å²) in [5.74, 6) is 1.38. The van der Waals surface area contributed by atoms with Gasteiger partial charge in [0, 0.05) is 18.3 Å². The minimum Gasteiger partial charge on any atom is -0.497 e. The van der Waals surface area contributed by atoms with Crippen LogP contribution in [0.2, 0.25) is 0 Å². The molecule has 23 heavy (non-hydrogen) atoms. The summed E-state index contributed by atoms with van der Waals surface area (Å²) in [4.78, 5) is 12.0. The van der Waals surface area contributed by atoms with Crippen LogP contribution in [0.1, 0.15) is 16.7 Å². The van der Waals surface area contributed by atoms with Crippen molar-refractivity contribution in [2.75, 3.05) is 19.5 Å². The maximum absolute atomic E-state index is 12.0. The molecule has 122 valence electrons. The monoisotopic (exact) mass is 314 g/mol. The Bertz CT molecular complexity index is 656. The Labute approximate surface area is 136 Å². The second-order valence-electron chi connectivity index (χ2n) is 5.40. The number of benzene rings is 2. The molecule has 2 aromatic rings. The van der Waals surface area contributed by atoms with Gasteiger partial charge in [-0.15, -0.1) is 0 Å². The topological polar surface area (TPSA) is 59.6 Å². The molecule has 0 unspecified atom stereocenters. The number of nitrogens with one attached hydrogen (secondary N) is 2. The molecule has 2 amide bonds. The van der Waals surface area contributed by atoms with E-state index in [1.54, 1.807) is 20.3 Å². The maximum atomic E-state index is 12.0. The standard InChI is InChI=1S/C18H22N2O3/c1-12-5-13(2)7-15(6-12)20-18(21)19-11-14-8-16(22-3)10-17(9-14)23-4/h5-10H,11H2,1-4H3,(H2,19,20,21). The number of anilines is 1. The van der Waals surface area contributed by atoms with Crippen molar-refractivity contribution in [1.82, 2.24) is 5.32 Å². The van der Waals surface area contributed by atoms with Gasteiger partial charge in [0.25, 0.3) is 0 Å². The van der Waals surface area contributed by atoms with Gasteiger partial charge in [-0.05, 0) is 54.8 Å². The fourth-order valence-electron chi connectivity index (χ4n) is 2.37. The molecule has 0 heterocycles. The largest absolute Gasteiger partial charge is 0.497 e. The van der Waals surface area contributed by atoms with E-state index in [9.17, 15) is 4.79 Å². The summed E-state index contributed by atoms with van der Waals surface area (Å²) >= 11 is 0. The summed E-state index contributed by atoms with van der Waals surface area (Å²) in [5.41, 5.74) is 3.90. The number of aryl methyl sites for hydroxylation is 2. The molecule has 0 fully saturated rings. The van der Waals surface area contributed by atoms with Gasteiger partial charge in [0.05, 0.1) is 14.2 Å². The highest BCUT2D eigenvalue weighted by Gasteiger charge is 2.05. The number of urea groups is 1. The van der Waals surface area contributed by atoms with Gasteiger partial charge in [0.1, 0.15) is 11.5 Å². The Morgan fingerprint density at radius 3 is 2.00 bits per heavy atom. The first-order chi connectivity index (χ1) is 11.0. The molecular formula is C18H22N2O3. The van der Waals surface area contributed by atoms with E-state index in [0.717, 1.165) is 22.4 Å². The normalized spacial score (nSPS) is 10.1. The molecule has 0 radical (unpaired) electrons. The van der Waals surface area contributed by atoms with E-state index in [0.29, 0.717) is 18.0 Å². The van der Waals surface area contributed by atoms with Crippen LogP contribution >= 0.6 is 0 Å². The molecule has 0 spiro atoms. The van der Waals surface area contributed by atoms with Crippen molar-refractivity contribution in [3.05, 3.63) is 53.1 Å². The maximum Gasteiger partial charge on any atom is 0.319 e. The molecule has 2 N–H and O–H groups in total. The van der Waals surface area contributed by atoms with Crippen molar-refractivity contribution in [3.8, 4) is 11.5 Å². The Morgan fingerprint density at radius 1 is 0.913 bits per heavy atom. The molecule has 0 aromatic heterocycles. The van der Waals surface area contributed by atoms with Gasteiger partial charge in [-0.3, -0.25) is 0 Å². The highest BCUT2D eigenvalue weighted by molar-refractivity contribution is 5.89. The number of carbonyl (C=O) groups excluding carboxylic acids is 1. The fraction of sp³-hybridized carbons (Fsp3) is 0.278. The quantitative estimate of drug-likeness (QED) is 0.886. The molecule has 0 saturated heterocycles. The van der Waals surface area contributed by atoms with Crippen LogP contribution in [0.3, 0.4) is 0 Å². The molecule has 2 rings (SSSR count). The first-order valence-electron chi connectivity index (χ1n) is 7.35. The third kappa shape index (κ3) is 4.92. The fourth-order valence-corrected chi connectivity index (χ4v) is 2.37. The summed E-state index contributed by atoms with van der Waals surface area (Å²) < 4.78 is 10.4. The second kappa shape index (κ2) is 7.54.